The molecule has 2 heterocycles. The summed E-state index contributed by atoms with van der Waals surface area (Å²) >= 11 is 0. The number of aromatic nitrogens is 2. The fourth-order valence-electron chi connectivity index (χ4n) is 3.32. The van der Waals surface area contributed by atoms with Gasteiger partial charge in [-0.1, -0.05) is 24.3 Å². The normalized spacial score (nSPS) is 12.0. The number of rotatable bonds is 6. The van der Waals surface area contributed by atoms with Gasteiger partial charge in [0.25, 0.3) is 0 Å². The Morgan fingerprint density at radius 2 is 1.82 bits per heavy atom. The molecule has 170 valence electrons. The van der Waals surface area contributed by atoms with E-state index < -0.39 is 27.9 Å². The fraction of sp³-hybridized carbons (Fsp3) is 0.0909. The van der Waals surface area contributed by atoms with Crippen LogP contribution in [0.3, 0.4) is 0 Å². The topological polar surface area (TPSA) is 101 Å². The molecule has 0 aliphatic rings. The van der Waals surface area contributed by atoms with Crippen molar-refractivity contribution in [1.29, 1.82) is 0 Å². The number of sulfonamides is 1. The van der Waals surface area contributed by atoms with Gasteiger partial charge in [0, 0.05) is 40.2 Å². The van der Waals surface area contributed by atoms with Crippen LogP contribution in [0.4, 0.5) is 18.9 Å². The number of nitrogens with zero attached hydrogens (tertiary/aromatic N) is 1. The number of halogens is 3. The molecule has 7 nitrogen and oxygen atoms in total. The third-order valence-corrected chi connectivity index (χ3v) is 5.21. The minimum Gasteiger partial charge on any atom is -0.406 e. The van der Waals surface area contributed by atoms with Crippen LogP contribution in [0.2, 0.25) is 0 Å². The molecule has 2 N–H and O–H groups in total. The minimum atomic E-state index is -4.87. The van der Waals surface area contributed by atoms with Crippen LogP contribution in [0.25, 0.3) is 22.2 Å². The number of hydrogen-bond donors (Lipinski definition) is 2. The second-order valence-corrected chi connectivity index (χ2v) is 8.93. The Labute approximate surface area is 186 Å². The number of ether oxygens (including phenoxy) is 1. The summed E-state index contributed by atoms with van der Waals surface area (Å²) in [6, 6.07) is 13.2. The van der Waals surface area contributed by atoms with Crippen molar-refractivity contribution in [3.63, 3.8) is 0 Å². The van der Waals surface area contributed by atoms with Crippen LogP contribution in [-0.2, 0) is 10.0 Å². The number of aromatic amines is 1. The van der Waals surface area contributed by atoms with E-state index in [1.807, 2.05) is 0 Å². The van der Waals surface area contributed by atoms with Crippen molar-refractivity contribution in [3.05, 3.63) is 78.1 Å². The molecule has 0 saturated heterocycles. The molecule has 0 unspecified atom stereocenters. The predicted molar refractivity (Wildman–Crippen MR) is 117 cm³/mol. The lowest BCUT2D eigenvalue weighted by atomic mass is 10.0. The molecule has 0 radical (unpaired) electrons. The standard InChI is InChI=1S/C22H16F3N3O4S/c1-33(30,31)28-16-6-2-4-13(8-16)15-10-18-19(12-27-21(18)26-11-15)20(29)14-5-3-7-17(9-14)32-22(23,24)25/h2-12,28H,1H3,(H,26,27). The van der Waals surface area contributed by atoms with Crippen molar-refractivity contribution in [1.82, 2.24) is 9.97 Å². The van der Waals surface area contributed by atoms with Crippen molar-refractivity contribution in [2.24, 2.45) is 0 Å². The van der Waals surface area contributed by atoms with Gasteiger partial charge in [0.2, 0.25) is 10.0 Å². The van der Waals surface area contributed by atoms with E-state index in [2.05, 4.69) is 19.4 Å². The Kier molecular flexibility index (Phi) is 5.58. The number of benzene rings is 2. The predicted octanol–water partition coefficient (Wildman–Crippen LogP) is 4.73. The van der Waals surface area contributed by atoms with E-state index in [1.54, 1.807) is 36.5 Å². The summed E-state index contributed by atoms with van der Waals surface area (Å²) in [5.74, 6) is -1.01. The third-order valence-electron chi connectivity index (χ3n) is 4.60. The highest BCUT2D eigenvalue weighted by molar-refractivity contribution is 7.92. The summed E-state index contributed by atoms with van der Waals surface area (Å²) < 4.78 is 66.9. The first-order valence-corrected chi connectivity index (χ1v) is 11.3. The number of alkyl halides is 3. The van der Waals surface area contributed by atoms with Gasteiger partial charge in [-0.3, -0.25) is 9.52 Å². The van der Waals surface area contributed by atoms with Crippen LogP contribution < -0.4 is 9.46 Å². The summed E-state index contributed by atoms with van der Waals surface area (Å²) in [6.07, 6.45) is -0.839. The molecule has 0 spiro atoms. The number of carbonyl (C=O) groups is 1. The molecule has 0 amide bonds. The SMILES string of the molecule is CS(=O)(=O)Nc1cccc(-c2cnc3[nH]cc(C(=O)c4cccc(OC(F)(F)F)c4)c3c2)c1. The summed E-state index contributed by atoms with van der Waals surface area (Å²) in [7, 11) is -3.46. The maximum absolute atomic E-state index is 13.0. The number of nitrogens with one attached hydrogen (secondary N) is 2. The zero-order valence-electron chi connectivity index (χ0n) is 17.0. The maximum Gasteiger partial charge on any atom is 0.573 e. The highest BCUT2D eigenvalue weighted by Gasteiger charge is 2.31. The number of anilines is 1. The van der Waals surface area contributed by atoms with E-state index in [0.717, 1.165) is 18.4 Å². The molecule has 4 aromatic rings. The van der Waals surface area contributed by atoms with Gasteiger partial charge in [-0.15, -0.1) is 13.2 Å². The quantitative estimate of drug-likeness (QED) is 0.393. The smallest absolute Gasteiger partial charge is 0.406 e. The van der Waals surface area contributed by atoms with Gasteiger partial charge in [-0.05, 0) is 35.9 Å². The number of carbonyl (C=O) groups excluding carboxylic acids is 1. The Balaban J connectivity index is 1.70. The Morgan fingerprint density at radius 1 is 1.06 bits per heavy atom. The van der Waals surface area contributed by atoms with Crippen molar-refractivity contribution in [2.75, 3.05) is 11.0 Å². The highest BCUT2D eigenvalue weighted by atomic mass is 32.2. The van der Waals surface area contributed by atoms with E-state index in [1.165, 1.54) is 18.3 Å². The van der Waals surface area contributed by atoms with Gasteiger partial charge >= 0.3 is 6.36 Å². The van der Waals surface area contributed by atoms with E-state index in [9.17, 15) is 26.4 Å². The summed E-state index contributed by atoms with van der Waals surface area (Å²) in [6.45, 7) is 0. The molecule has 33 heavy (non-hydrogen) atoms. The minimum absolute atomic E-state index is 0.0161. The van der Waals surface area contributed by atoms with Gasteiger partial charge in [0.15, 0.2) is 5.78 Å². The second-order valence-electron chi connectivity index (χ2n) is 7.18. The van der Waals surface area contributed by atoms with Crippen LogP contribution in [0, 0.1) is 0 Å². The molecule has 0 aliphatic carbocycles. The van der Waals surface area contributed by atoms with Gasteiger partial charge in [0.05, 0.1) is 6.26 Å². The van der Waals surface area contributed by atoms with Crippen LogP contribution in [-0.4, -0.2) is 36.8 Å². The van der Waals surface area contributed by atoms with Crippen LogP contribution in [0.15, 0.2) is 67.0 Å². The molecule has 2 aromatic heterocycles. The first-order chi connectivity index (χ1) is 15.5. The molecule has 4 rings (SSSR count). The molecule has 0 saturated carbocycles. The first-order valence-electron chi connectivity index (χ1n) is 9.44. The highest BCUT2D eigenvalue weighted by Crippen LogP contribution is 2.29. The number of pyridine rings is 1. The fourth-order valence-corrected chi connectivity index (χ4v) is 3.87. The number of ketones is 1. The van der Waals surface area contributed by atoms with E-state index >= 15 is 0 Å². The second kappa shape index (κ2) is 8.24. The molecule has 11 heteroatoms. The Bertz CT molecular complexity index is 1460. The first kappa shape index (κ1) is 22.3. The number of fused-ring (bicyclic) bond motifs is 1. The van der Waals surface area contributed by atoms with Gasteiger partial charge in [0.1, 0.15) is 11.4 Å². The zero-order chi connectivity index (χ0) is 23.8. The lowest BCUT2D eigenvalue weighted by Gasteiger charge is -2.09. The average molecular weight is 475 g/mol. The molecule has 0 aliphatic heterocycles. The molecule has 0 atom stereocenters. The number of hydrogen-bond acceptors (Lipinski definition) is 5. The lowest BCUT2D eigenvalue weighted by molar-refractivity contribution is -0.274. The van der Waals surface area contributed by atoms with E-state index in [0.29, 0.717) is 27.8 Å². The Hall–Kier alpha value is -3.86. The van der Waals surface area contributed by atoms with Crippen molar-refractivity contribution >= 4 is 32.5 Å². The molecule has 2 aromatic carbocycles. The van der Waals surface area contributed by atoms with Crippen LogP contribution in [0.5, 0.6) is 5.75 Å². The van der Waals surface area contributed by atoms with Crippen molar-refractivity contribution in [2.45, 2.75) is 6.36 Å². The lowest BCUT2D eigenvalue weighted by Crippen LogP contribution is -2.17. The zero-order valence-corrected chi connectivity index (χ0v) is 17.8. The van der Waals surface area contributed by atoms with Crippen LogP contribution in [0.1, 0.15) is 15.9 Å². The van der Waals surface area contributed by atoms with Gasteiger partial charge in [-0.2, -0.15) is 0 Å². The van der Waals surface area contributed by atoms with Crippen molar-refractivity contribution < 1.29 is 31.1 Å². The molecular formula is C22H16F3N3O4S. The van der Waals surface area contributed by atoms with Crippen molar-refractivity contribution in [3.8, 4) is 16.9 Å². The molecular weight excluding hydrogens is 459 g/mol. The number of H-pyrrole nitrogens is 1. The van der Waals surface area contributed by atoms with Crippen LogP contribution >= 0.6 is 0 Å². The third kappa shape index (κ3) is 5.32. The summed E-state index contributed by atoms with van der Waals surface area (Å²) in [4.78, 5) is 20.2. The van der Waals surface area contributed by atoms with E-state index in [4.69, 9.17) is 0 Å². The summed E-state index contributed by atoms with van der Waals surface area (Å²) in [5, 5.41) is 0.459. The Morgan fingerprint density at radius 3 is 2.55 bits per heavy atom. The molecule has 0 bridgehead atoms. The average Bonchev–Trinajstić information content (AvgIpc) is 3.14. The maximum atomic E-state index is 13.0. The largest absolute Gasteiger partial charge is 0.573 e. The monoisotopic (exact) mass is 475 g/mol. The van der Waals surface area contributed by atoms with E-state index in [-0.39, 0.29) is 11.1 Å². The molecule has 0 fully saturated rings. The van der Waals surface area contributed by atoms with Gasteiger partial charge in [-0.25, -0.2) is 13.4 Å². The summed E-state index contributed by atoms with van der Waals surface area (Å²) in [5.41, 5.74) is 2.27. The van der Waals surface area contributed by atoms with Gasteiger partial charge < -0.3 is 9.72 Å².